The number of carbonyl (C=O) groups excluding carboxylic acids is 1. The summed E-state index contributed by atoms with van der Waals surface area (Å²) in [6.45, 7) is 4.38. The first-order chi connectivity index (χ1) is 9.10. The lowest BCUT2D eigenvalue weighted by molar-refractivity contribution is 0.0937. The molecule has 19 heavy (non-hydrogen) atoms. The standard InChI is InChI=1S/C16H24N2O/c1-3-11(2)12-4-6-13(7-5-12)16(19)18-15-9-8-14(17)10-15/h4-7,11,14-15H,3,8-10,17H2,1-2H3,(H,18,19). The highest BCUT2D eigenvalue weighted by atomic mass is 16.1. The SMILES string of the molecule is CCC(C)c1ccc(C(=O)NC2CCC(N)C2)cc1. The first kappa shape index (κ1) is 14.1. The van der Waals surface area contributed by atoms with Crippen LogP contribution < -0.4 is 11.1 Å². The molecule has 0 spiro atoms. The number of carbonyl (C=O) groups is 1. The van der Waals surface area contributed by atoms with Gasteiger partial charge in [0.1, 0.15) is 0 Å². The van der Waals surface area contributed by atoms with E-state index in [0.717, 1.165) is 31.2 Å². The molecular weight excluding hydrogens is 236 g/mol. The molecule has 3 unspecified atom stereocenters. The van der Waals surface area contributed by atoms with Gasteiger partial charge < -0.3 is 11.1 Å². The molecule has 2 rings (SSSR count). The molecule has 0 heterocycles. The predicted molar refractivity (Wildman–Crippen MR) is 78.2 cm³/mol. The molecule has 1 aromatic rings. The summed E-state index contributed by atoms with van der Waals surface area (Å²) < 4.78 is 0. The average Bonchev–Trinajstić information content (AvgIpc) is 2.83. The molecule has 3 N–H and O–H groups in total. The lowest BCUT2D eigenvalue weighted by Gasteiger charge is -2.13. The van der Waals surface area contributed by atoms with Gasteiger partial charge in [0.25, 0.3) is 5.91 Å². The summed E-state index contributed by atoms with van der Waals surface area (Å²) in [5, 5.41) is 3.07. The van der Waals surface area contributed by atoms with Crippen LogP contribution in [0.15, 0.2) is 24.3 Å². The van der Waals surface area contributed by atoms with Crippen LogP contribution in [0.3, 0.4) is 0 Å². The molecule has 1 fully saturated rings. The Bertz CT molecular complexity index is 427. The van der Waals surface area contributed by atoms with Crippen molar-refractivity contribution in [2.75, 3.05) is 0 Å². The van der Waals surface area contributed by atoms with E-state index in [2.05, 4.69) is 31.3 Å². The van der Waals surface area contributed by atoms with Gasteiger partial charge in [0, 0.05) is 17.6 Å². The van der Waals surface area contributed by atoms with Crippen LogP contribution in [0.25, 0.3) is 0 Å². The summed E-state index contributed by atoms with van der Waals surface area (Å²) in [5.74, 6) is 0.569. The van der Waals surface area contributed by atoms with Crippen LogP contribution in [0.1, 0.15) is 61.4 Å². The van der Waals surface area contributed by atoms with Gasteiger partial charge in [0.15, 0.2) is 0 Å². The van der Waals surface area contributed by atoms with Crippen molar-refractivity contribution in [1.29, 1.82) is 0 Å². The Morgan fingerprint density at radius 3 is 2.58 bits per heavy atom. The zero-order valence-corrected chi connectivity index (χ0v) is 11.9. The summed E-state index contributed by atoms with van der Waals surface area (Å²) >= 11 is 0. The predicted octanol–water partition coefficient (Wildman–Crippen LogP) is 2.81. The molecule has 3 nitrogen and oxygen atoms in total. The van der Waals surface area contributed by atoms with E-state index in [1.165, 1.54) is 5.56 Å². The molecule has 1 aliphatic carbocycles. The minimum atomic E-state index is 0.0230. The van der Waals surface area contributed by atoms with Gasteiger partial charge in [-0.25, -0.2) is 0 Å². The number of hydrogen-bond acceptors (Lipinski definition) is 2. The van der Waals surface area contributed by atoms with Crippen molar-refractivity contribution < 1.29 is 4.79 Å². The molecule has 0 aromatic heterocycles. The second-order valence-corrected chi connectivity index (χ2v) is 5.67. The molecule has 104 valence electrons. The lowest BCUT2D eigenvalue weighted by atomic mass is 9.97. The molecule has 0 saturated heterocycles. The number of rotatable bonds is 4. The number of amides is 1. The highest BCUT2D eigenvalue weighted by molar-refractivity contribution is 5.94. The van der Waals surface area contributed by atoms with E-state index in [0.29, 0.717) is 5.92 Å². The number of nitrogens with two attached hydrogens (primary N) is 1. The zero-order valence-electron chi connectivity index (χ0n) is 11.9. The minimum absolute atomic E-state index is 0.0230. The largest absolute Gasteiger partial charge is 0.349 e. The summed E-state index contributed by atoms with van der Waals surface area (Å²) in [6.07, 6.45) is 4.03. The highest BCUT2D eigenvalue weighted by Gasteiger charge is 2.23. The average molecular weight is 260 g/mol. The van der Waals surface area contributed by atoms with Gasteiger partial charge in [0.05, 0.1) is 0 Å². The Balaban J connectivity index is 1.96. The Morgan fingerprint density at radius 2 is 2.05 bits per heavy atom. The summed E-state index contributed by atoms with van der Waals surface area (Å²) in [4.78, 5) is 12.1. The van der Waals surface area contributed by atoms with E-state index in [9.17, 15) is 4.79 Å². The Hall–Kier alpha value is -1.35. The lowest BCUT2D eigenvalue weighted by Crippen LogP contribution is -2.34. The molecule has 1 saturated carbocycles. The molecule has 3 atom stereocenters. The molecule has 0 bridgehead atoms. The van der Waals surface area contributed by atoms with Crippen LogP contribution in [-0.2, 0) is 0 Å². The maximum absolute atomic E-state index is 12.1. The minimum Gasteiger partial charge on any atom is -0.349 e. The van der Waals surface area contributed by atoms with Gasteiger partial charge in [-0.3, -0.25) is 4.79 Å². The molecule has 1 aromatic carbocycles. The molecular formula is C16H24N2O. The topological polar surface area (TPSA) is 55.1 Å². The van der Waals surface area contributed by atoms with Crippen molar-refractivity contribution in [2.45, 2.75) is 57.5 Å². The normalized spacial score (nSPS) is 24.2. The highest BCUT2D eigenvalue weighted by Crippen LogP contribution is 2.20. The van der Waals surface area contributed by atoms with Crippen LogP contribution in [0.2, 0.25) is 0 Å². The van der Waals surface area contributed by atoms with Gasteiger partial charge in [-0.05, 0) is 49.3 Å². The summed E-state index contributed by atoms with van der Waals surface area (Å²) in [5.41, 5.74) is 7.89. The van der Waals surface area contributed by atoms with Gasteiger partial charge in [-0.15, -0.1) is 0 Å². The number of nitrogens with one attached hydrogen (secondary N) is 1. The van der Waals surface area contributed by atoms with E-state index < -0.39 is 0 Å². The van der Waals surface area contributed by atoms with Crippen molar-refractivity contribution >= 4 is 5.91 Å². The third-order valence-electron chi connectivity index (χ3n) is 4.16. The maximum Gasteiger partial charge on any atom is 0.251 e. The number of benzene rings is 1. The fraction of sp³-hybridized carbons (Fsp3) is 0.562. The van der Waals surface area contributed by atoms with E-state index in [4.69, 9.17) is 5.73 Å². The van der Waals surface area contributed by atoms with Crippen LogP contribution in [0.4, 0.5) is 0 Å². The second-order valence-electron chi connectivity index (χ2n) is 5.67. The van der Waals surface area contributed by atoms with E-state index >= 15 is 0 Å². The Labute approximate surface area is 115 Å². The maximum atomic E-state index is 12.1. The zero-order chi connectivity index (χ0) is 13.8. The number of hydrogen-bond donors (Lipinski definition) is 2. The van der Waals surface area contributed by atoms with Crippen molar-refractivity contribution in [3.05, 3.63) is 35.4 Å². The fourth-order valence-electron chi connectivity index (χ4n) is 2.61. The van der Waals surface area contributed by atoms with Crippen molar-refractivity contribution in [3.8, 4) is 0 Å². The van der Waals surface area contributed by atoms with E-state index in [1.54, 1.807) is 0 Å². The third kappa shape index (κ3) is 3.57. The summed E-state index contributed by atoms with van der Waals surface area (Å²) in [7, 11) is 0. The molecule has 0 radical (unpaired) electrons. The van der Waals surface area contributed by atoms with Crippen LogP contribution in [0.5, 0.6) is 0 Å². The molecule has 1 amide bonds. The van der Waals surface area contributed by atoms with E-state index in [-0.39, 0.29) is 18.0 Å². The van der Waals surface area contributed by atoms with Crippen molar-refractivity contribution in [1.82, 2.24) is 5.32 Å². The van der Waals surface area contributed by atoms with Crippen molar-refractivity contribution in [2.24, 2.45) is 5.73 Å². The molecule has 1 aliphatic rings. The molecule has 0 aliphatic heterocycles. The second kappa shape index (κ2) is 6.20. The van der Waals surface area contributed by atoms with Gasteiger partial charge in [-0.1, -0.05) is 26.0 Å². The van der Waals surface area contributed by atoms with Gasteiger partial charge in [0.2, 0.25) is 0 Å². The van der Waals surface area contributed by atoms with Crippen LogP contribution in [-0.4, -0.2) is 18.0 Å². The van der Waals surface area contributed by atoms with Crippen LogP contribution >= 0.6 is 0 Å². The first-order valence-electron chi connectivity index (χ1n) is 7.26. The van der Waals surface area contributed by atoms with E-state index in [1.807, 2.05) is 12.1 Å². The quantitative estimate of drug-likeness (QED) is 0.874. The van der Waals surface area contributed by atoms with Crippen LogP contribution in [0, 0.1) is 0 Å². The molecule has 3 heteroatoms. The third-order valence-corrected chi connectivity index (χ3v) is 4.16. The van der Waals surface area contributed by atoms with Gasteiger partial charge >= 0.3 is 0 Å². The fourth-order valence-corrected chi connectivity index (χ4v) is 2.61. The Kier molecular flexibility index (Phi) is 4.59. The Morgan fingerprint density at radius 1 is 1.37 bits per heavy atom. The smallest absolute Gasteiger partial charge is 0.251 e. The van der Waals surface area contributed by atoms with Crippen molar-refractivity contribution in [3.63, 3.8) is 0 Å². The van der Waals surface area contributed by atoms with Gasteiger partial charge in [-0.2, -0.15) is 0 Å². The monoisotopic (exact) mass is 260 g/mol. The first-order valence-corrected chi connectivity index (χ1v) is 7.26. The summed E-state index contributed by atoms with van der Waals surface area (Å²) in [6, 6.07) is 8.46.